The summed E-state index contributed by atoms with van der Waals surface area (Å²) in [6, 6.07) is 16.7. The molecule has 1 aliphatic rings. The molecule has 6 heteroatoms. The summed E-state index contributed by atoms with van der Waals surface area (Å²) in [6.45, 7) is 0.720. The Kier molecular flexibility index (Phi) is 5.30. The van der Waals surface area contributed by atoms with E-state index in [1.54, 1.807) is 17.0 Å². The van der Waals surface area contributed by atoms with E-state index in [2.05, 4.69) is 10.6 Å². The summed E-state index contributed by atoms with van der Waals surface area (Å²) >= 11 is 0. The Morgan fingerprint density at radius 3 is 2.48 bits per heavy atom. The number of carbonyl (C=O) groups is 2. The van der Waals surface area contributed by atoms with E-state index in [1.807, 2.05) is 42.5 Å². The lowest BCUT2D eigenvalue weighted by Gasteiger charge is -2.17. The molecule has 0 saturated carbocycles. The lowest BCUT2D eigenvalue weighted by Crippen LogP contribution is -2.33. The number of anilines is 3. The molecule has 1 heterocycles. The number of nitrogens with one attached hydrogen (secondary N) is 2. The predicted octanol–water partition coefficient (Wildman–Crippen LogP) is 2.49. The van der Waals surface area contributed by atoms with E-state index in [0.29, 0.717) is 12.2 Å². The van der Waals surface area contributed by atoms with Crippen LogP contribution in [0.3, 0.4) is 0 Å². The molecule has 0 radical (unpaired) electrons. The minimum atomic E-state index is -0.242. The summed E-state index contributed by atoms with van der Waals surface area (Å²) in [5.41, 5.74) is 2.46. The highest BCUT2D eigenvalue weighted by molar-refractivity contribution is 6.01. The van der Waals surface area contributed by atoms with Crippen molar-refractivity contribution in [1.82, 2.24) is 0 Å². The smallest absolute Gasteiger partial charge is 0.250 e. The Morgan fingerprint density at radius 1 is 1.12 bits per heavy atom. The molecule has 1 aliphatic heterocycles. The molecule has 0 aliphatic carbocycles. The second kappa shape index (κ2) is 7.81. The minimum absolute atomic E-state index is 0.0197. The van der Waals surface area contributed by atoms with Gasteiger partial charge in [0.15, 0.2) is 0 Å². The van der Waals surface area contributed by atoms with Crippen LogP contribution in [0.2, 0.25) is 0 Å². The zero-order valence-corrected chi connectivity index (χ0v) is 14.1. The van der Waals surface area contributed by atoms with Crippen molar-refractivity contribution in [3.63, 3.8) is 0 Å². The van der Waals surface area contributed by atoms with E-state index >= 15 is 0 Å². The molecular weight excluding hydrogens is 318 g/mol. The van der Waals surface area contributed by atoms with Crippen LogP contribution in [0.15, 0.2) is 54.6 Å². The number of ether oxygens (including phenoxy) is 1. The van der Waals surface area contributed by atoms with Crippen LogP contribution in [-0.4, -0.2) is 38.1 Å². The van der Waals surface area contributed by atoms with Gasteiger partial charge in [0.25, 0.3) is 0 Å². The Hall–Kier alpha value is -2.86. The number of hydrogen-bond donors (Lipinski definition) is 2. The Bertz CT molecular complexity index is 731. The third-order valence-corrected chi connectivity index (χ3v) is 4.06. The molecule has 0 bridgehead atoms. The third-order valence-electron chi connectivity index (χ3n) is 4.06. The zero-order chi connectivity index (χ0) is 17.6. The number of methoxy groups -OCH3 is 1. The van der Waals surface area contributed by atoms with E-state index in [9.17, 15) is 9.59 Å². The van der Waals surface area contributed by atoms with Gasteiger partial charge in [0.05, 0.1) is 0 Å². The highest BCUT2D eigenvalue weighted by atomic mass is 16.5. The van der Waals surface area contributed by atoms with Gasteiger partial charge in [0, 0.05) is 30.7 Å². The van der Waals surface area contributed by atoms with Crippen LogP contribution in [0.5, 0.6) is 0 Å². The molecule has 0 spiro atoms. The molecule has 2 aromatic rings. The number of hydrogen-bond acceptors (Lipinski definition) is 4. The number of para-hydroxylation sites is 1. The highest BCUT2D eigenvalue weighted by Crippen LogP contribution is 2.24. The van der Waals surface area contributed by atoms with Crippen molar-refractivity contribution in [2.24, 2.45) is 0 Å². The monoisotopic (exact) mass is 339 g/mol. The maximum atomic E-state index is 12.6. The Balaban J connectivity index is 1.59. The number of rotatable bonds is 6. The van der Waals surface area contributed by atoms with Crippen LogP contribution in [0.25, 0.3) is 0 Å². The van der Waals surface area contributed by atoms with Gasteiger partial charge in [-0.25, -0.2) is 0 Å². The largest absolute Gasteiger partial charge is 0.375 e. The van der Waals surface area contributed by atoms with Crippen LogP contribution >= 0.6 is 0 Å². The van der Waals surface area contributed by atoms with Gasteiger partial charge in [-0.1, -0.05) is 18.2 Å². The lowest BCUT2D eigenvalue weighted by molar-refractivity contribution is -0.119. The molecule has 1 atom stereocenters. The molecule has 2 aromatic carbocycles. The molecule has 0 unspecified atom stereocenters. The van der Waals surface area contributed by atoms with Crippen LogP contribution in [0, 0.1) is 0 Å². The van der Waals surface area contributed by atoms with Crippen molar-refractivity contribution in [3.05, 3.63) is 54.6 Å². The van der Waals surface area contributed by atoms with Crippen molar-refractivity contribution in [2.75, 3.05) is 35.8 Å². The van der Waals surface area contributed by atoms with E-state index in [1.165, 1.54) is 7.11 Å². The molecule has 2 amide bonds. The highest BCUT2D eigenvalue weighted by Gasteiger charge is 2.32. The van der Waals surface area contributed by atoms with E-state index in [0.717, 1.165) is 17.8 Å². The van der Waals surface area contributed by atoms with Crippen molar-refractivity contribution in [1.29, 1.82) is 0 Å². The molecular formula is C19H21N3O3. The lowest BCUT2D eigenvalue weighted by atomic mass is 10.2. The molecule has 6 nitrogen and oxygen atoms in total. The maximum Gasteiger partial charge on any atom is 0.250 e. The second-order valence-electron chi connectivity index (χ2n) is 5.87. The van der Waals surface area contributed by atoms with Crippen LogP contribution in [-0.2, 0) is 14.3 Å². The van der Waals surface area contributed by atoms with E-state index in [-0.39, 0.29) is 24.5 Å². The Labute approximate surface area is 146 Å². The topological polar surface area (TPSA) is 70.7 Å². The summed E-state index contributed by atoms with van der Waals surface area (Å²) in [7, 11) is 1.48. The average Bonchev–Trinajstić information content (AvgIpc) is 2.98. The number of amides is 2. The zero-order valence-electron chi connectivity index (χ0n) is 14.1. The molecule has 130 valence electrons. The van der Waals surface area contributed by atoms with Crippen molar-refractivity contribution < 1.29 is 14.3 Å². The third kappa shape index (κ3) is 4.16. The molecule has 1 fully saturated rings. The number of carbonyl (C=O) groups excluding carboxylic acids is 2. The van der Waals surface area contributed by atoms with Crippen molar-refractivity contribution in [3.8, 4) is 0 Å². The minimum Gasteiger partial charge on any atom is -0.375 e. The predicted molar refractivity (Wildman–Crippen MR) is 97.8 cm³/mol. The van der Waals surface area contributed by atoms with Gasteiger partial charge < -0.3 is 20.3 Å². The van der Waals surface area contributed by atoms with Gasteiger partial charge in [-0.2, -0.15) is 0 Å². The summed E-state index contributed by atoms with van der Waals surface area (Å²) < 4.78 is 4.78. The van der Waals surface area contributed by atoms with Gasteiger partial charge in [-0.15, -0.1) is 0 Å². The van der Waals surface area contributed by atoms with Crippen molar-refractivity contribution >= 4 is 28.9 Å². The molecule has 1 saturated heterocycles. The molecule has 25 heavy (non-hydrogen) atoms. The van der Waals surface area contributed by atoms with E-state index < -0.39 is 0 Å². The van der Waals surface area contributed by atoms with E-state index in [4.69, 9.17) is 4.74 Å². The first-order valence-electron chi connectivity index (χ1n) is 8.19. The van der Waals surface area contributed by atoms with Gasteiger partial charge in [0.1, 0.15) is 12.6 Å². The fourth-order valence-corrected chi connectivity index (χ4v) is 2.86. The summed E-state index contributed by atoms with van der Waals surface area (Å²) in [4.78, 5) is 25.9. The average molecular weight is 339 g/mol. The normalized spacial score (nSPS) is 16.8. The second-order valence-corrected chi connectivity index (χ2v) is 5.87. The molecule has 3 rings (SSSR count). The SMILES string of the molecule is COCC(=O)Nc1ccc(N[C@H]2CCN(c3ccccc3)C2=O)cc1. The Morgan fingerprint density at radius 2 is 1.80 bits per heavy atom. The first-order chi connectivity index (χ1) is 12.2. The molecule has 2 N–H and O–H groups in total. The fraction of sp³-hybridized carbons (Fsp3) is 0.263. The van der Waals surface area contributed by atoms with Gasteiger partial charge in [-0.3, -0.25) is 9.59 Å². The quantitative estimate of drug-likeness (QED) is 0.848. The van der Waals surface area contributed by atoms with Gasteiger partial charge in [-0.05, 0) is 42.8 Å². The summed E-state index contributed by atoms with van der Waals surface area (Å²) in [6.07, 6.45) is 0.750. The van der Waals surface area contributed by atoms with Crippen LogP contribution < -0.4 is 15.5 Å². The summed E-state index contributed by atoms with van der Waals surface area (Å²) in [5.74, 6) is -0.128. The maximum absolute atomic E-state index is 12.6. The van der Waals surface area contributed by atoms with Crippen LogP contribution in [0.4, 0.5) is 17.1 Å². The van der Waals surface area contributed by atoms with Gasteiger partial charge >= 0.3 is 0 Å². The number of nitrogens with zero attached hydrogens (tertiary/aromatic N) is 1. The molecule has 0 aromatic heterocycles. The van der Waals surface area contributed by atoms with Crippen LogP contribution in [0.1, 0.15) is 6.42 Å². The fourth-order valence-electron chi connectivity index (χ4n) is 2.86. The van der Waals surface area contributed by atoms with Crippen molar-refractivity contribution in [2.45, 2.75) is 12.5 Å². The number of benzene rings is 2. The first kappa shape index (κ1) is 17.0. The standard InChI is InChI=1S/C19H21N3O3/c1-25-13-18(23)21-15-9-7-14(8-10-15)20-17-11-12-22(19(17)24)16-5-3-2-4-6-16/h2-10,17,20H,11-13H2,1H3,(H,21,23)/t17-/m0/s1. The summed E-state index contributed by atoms with van der Waals surface area (Å²) in [5, 5.41) is 6.00. The first-order valence-corrected chi connectivity index (χ1v) is 8.19. The van der Waals surface area contributed by atoms with Gasteiger partial charge in [0.2, 0.25) is 11.8 Å².